The summed E-state index contributed by atoms with van der Waals surface area (Å²) in [5, 5.41) is 18.2. The Hall–Kier alpha value is -4.35. The normalized spacial score (nSPS) is 11.9. The lowest BCUT2D eigenvalue weighted by Crippen LogP contribution is -2.20. The molecule has 0 aliphatic carbocycles. The first-order valence-corrected chi connectivity index (χ1v) is 16.3. The van der Waals surface area contributed by atoms with E-state index in [1.807, 2.05) is 49.4 Å². The molecule has 0 saturated carbocycles. The van der Waals surface area contributed by atoms with Crippen molar-refractivity contribution in [2.45, 2.75) is 59.1 Å². The maximum atomic E-state index is 12.5. The van der Waals surface area contributed by atoms with Gasteiger partial charge in [0.05, 0.1) is 24.7 Å². The third-order valence-corrected chi connectivity index (χ3v) is 7.83. The van der Waals surface area contributed by atoms with Gasteiger partial charge in [-0.3, -0.25) is 4.79 Å². The number of ether oxygens (including phenoxy) is 4. The first-order valence-electron chi connectivity index (χ1n) is 16.3. The molecule has 0 aliphatic rings. The molecule has 266 valence electrons. The van der Waals surface area contributed by atoms with E-state index in [9.17, 15) is 27.9 Å². The molecular weight excluding hydrogens is 641 g/mol. The third-order valence-electron chi connectivity index (χ3n) is 7.83. The fourth-order valence-electron chi connectivity index (χ4n) is 5.07. The highest BCUT2D eigenvalue weighted by molar-refractivity contribution is 5.87. The number of unbranched alkanes of at least 4 members (excludes halogenated alkanes) is 1. The van der Waals surface area contributed by atoms with Crippen LogP contribution in [-0.2, 0) is 31.9 Å². The number of aliphatic hydroxyl groups is 2. The Kier molecular flexibility index (Phi) is 15.2. The predicted molar refractivity (Wildman–Crippen MR) is 180 cm³/mol. The van der Waals surface area contributed by atoms with Crippen LogP contribution in [-0.4, -0.2) is 68.0 Å². The molecule has 0 fully saturated rings. The number of rotatable bonds is 19. The van der Waals surface area contributed by atoms with E-state index >= 15 is 0 Å². The summed E-state index contributed by atoms with van der Waals surface area (Å²) in [6.45, 7) is 8.10. The van der Waals surface area contributed by atoms with Crippen LogP contribution < -0.4 is 9.47 Å². The summed E-state index contributed by atoms with van der Waals surface area (Å²) >= 11 is 0. The summed E-state index contributed by atoms with van der Waals surface area (Å²) in [6, 6.07) is 17.7. The first kappa shape index (κ1) is 39.1. The maximum Gasteiger partial charge on any atom is 0.389 e. The van der Waals surface area contributed by atoms with Crippen molar-refractivity contribution in [3.05, 3.63) is 83.4 Å². The van der Waals surface area contributed by atoms with Crippen LogP contribution in [0.4, 0.5) is 13.2 Å². The number of esters is 2. The van der Waals surface area contributed by atoms with Crippen LogP contribution in [0.15, 0.2) is 66.7 Å². The molecule has 8 nitrogen and oxygen atoms in total. The van der Waals surface area contributed by atoms with Gasteiger partial charge in [-0.15, -0.1) is 0 Å². The van der Waals surface area contributed by atoms with Crippen LogP contribution in [0, 0.1) is 12.8 Å². The molecule has 1 unspecified atom stereocenters. The number of alkyl halides is 3. The number of carbonyl (C=O) groups excluding carboxylic acids is 2. The van der Waals surface area contributed by atoms with Crippen molar-refractivity contribution in [3.8, 4) is 33.8 Å². The van der Waals surface area contributed by atoms with Crippen LogP contribution in [0.1, 0.15) is 49.8 Å². The molecule has 0 spiro atoms. The molecule has 0 radical (unpaired) electrons. The molecular formula is C38H45F3O8. The number of aryl methyl sites for hydroxylation is 3. The van der Waals surface area contributed by atoms with Crippen LogP contribution >= 0.6 is 0 Å². The van der Waals surface area contributed by atoms with Crippen molar-refractivity contribution in [1.29, 1.82) is 0 Å². The summed E-state index contributed by atoms with van der Waals surface area (Å²) in [7, 11) is 0. The minimum absolute atomic E-state index is 0.00373. The lowest BCUT2D eigenvalue weighted by molar-refractivity contribution is -0.150. The second kappa shape index (κ2) is 19.0. The van der Waals surface area contributed by atoms with Crippen molar-refractivity contribution in [2.75, 3.05) is 39.6 Å². The van der Waals surface area contributed by atoms with Gasteiger partial charge in [-0.1, -0.05) is 56.0 Å². The van der Waals surface area contributed by atoms with Gasteiger partial charge in [0.25, 0.3) is 0 Å². The molecule has 0 heterocycles. The number of hydrogen-bond donors (Lipinski definition) is 2. The molecule has 0 aliphatic heterocycles. The molecule has 0 bridgehead atoms. The second-order valence-electron chi connectivity index (χ2n) is 11.7. The molecule has 0 aromatic heterocycles. The van der Waals surface area contributed by atoms with Gasteiger partial charge in [0.2, 0.25) is 0 Å². The standard InChI is InChI=1S/C38H45F3O8/c1-5-29-21-30(32-12-9-28(20-25(32)2)8-6-7-15-38(39,40)41)10-13-33(29)31-11-14-34(46-16-18-48-36(44)26(3)23-42)35(22-31)47-17-19-49-37(45)27(4)24-43/h9-14,20-22,27,42-43H,3,5-8,15-19,23-24H2,1-2,4H3. The van der Waals surface area contributed by atoms with Gasteiger partial charge in [-0.25, -0.2) is 4.79 Å². The molecule has 11 heteroatoms. The highest BCUT2D eigenvalue weighted by Gasteiger charge is 2.25. The Morgan fingerprint density at radius 1 is 0.837 bits per heavy atom. The van der Waals surface area contributed by atoms with Gasteiger partial charge in [0, 0.05) is 6.42 Å². The van der Waals surface area contributed by atoms with Gasteiger partial charge in [-0.2, -0.15) is 13.2 Å². The van der Waals surface area contributed by atoms with E-state index in [4.69, 9.17) is 24.1 Å². The SMILES string of the molecule is C=C(CO)C(=O)OCCOc1ccc(-c2ccc(-c3ccc(CCCCC(F)(F)F)cc3C)cc2CC)cc1OCCOC(=O)C(C)CO. The molecule has 0 saturated heterocycles. The fraction of sp³-hybridized carbons (Fsp3) is 0.421. The van der Waals surface area contributed by atoms with Gasteiger partial charge in [0.15, 0.2) is 11.5 Å². The number of benzene rings is 3. The summed E-state index contributed by atoms with van der Waals surface area (Å²) in [5.74, 6) is -1.16. The number of aliphatic hydroxyl groups excluding tert-OH is 2. The van der Waals surface area contributed by atoms with Crippen molar-refractivity contribution in [1.82, 2.24) is 0 Å². The van der Waals surface area contributed by atoms with Crippen molar-refractivity contribution >= 4 is 11.9 Å². The molecule has 2 N–H and O–H groups in total. The highest BCUT2D eigenvalue weighted by Crippen LogP contribution is 2.36. The molecule has 3 aromatic rings. The maximum absolute atomic E-state index is 12.5. The van der Waals surface area contributed by atoms with Crippen LogP contribution in [0.5, 0.6) is 11.5 Å². The Labute approximate surface area is 285 Å². The second-order valence-corrected chi connectivity index (χ2v) is 11.7. The van der Waals surface area contributed by atoms with Gasteiger partial charge >= 0.3 is 18.1 Å². The quantitative estimate of drug-likeness (QED) is 0.0775. The molecule has 49 heavy (non-hydrogen) atoms. The van der Waals surface area contributed by atoms with Gasteiger partial charge in [-0.05, 0) is 90.6 Å². The Balaban J connectivity index is 1.79. The summed E-state index contributed by atoms with van der Waals surface area (Å²) in [6.07, 6.45) is -2.98. The lowest BCUT2D eigenvalue weighted by atomic mass is 9.91. The Bertz CT molecular complexity index is 1570. The van der Waals surface area contributed by atoms with E-state index < -0.39 is 37.1 Å². The largest absolute Gasteiger partial charge is 0.486 e. The molecule has 3 aromatic carbocycles. The van der Waals surface area contributed by atoms with E-state index in [-0.39, 0.29) is 45.0 Å². The first-order chi connectivity index (χ1) is 23.4. The van der Waals surface area contributed by atoms with Crippen molar-refractivity contribution < 1.29 is 51.9 Å². The zero-order valence-corrected chi connectivity index (χ0v) is 28.2. The summed E-state index contributed by atoms with van der Waals surface area (Å²) in [4.78, 5) is 23.7. The van der Waals surface area contributed by atoms with E-state index in [0.717, 1.165) is 45.4 Å². The van der Waals surface area contributed by atoms with E-state index in [1.165, 1.54) is 0 Å². The monoisotopic (exact) mass is 686 g/mol. The molecule has 0 amide bonds. The van der Waals surface area contributed by atoms with Crippen molar-refractivity contribution in [2.24, 2.45) is 5.92 Å². The zero-order valence-electron chi connectivity index (χ0n) is 28.2. The predicted octanol–water partition coefficient (Wildman–Crippen LogP) is 7.19. The number of hydrogen-bond acceptors (Lipinski definition) is 8. The summed E-state index contributed by atoms with van der Waals surface area (Å²) < 4.78 is 59.5. The third kappa shape index (κ3) is 12.2. The average molecular weight is 687 g/mol. The lowest BCUT2D eigenvalue weighted by Gasteiger charge is -2.17. The molecule has 1 atom stereocenters. The van der Waals surface area contributed by atoms with E-state index in [2.05, 4.69) is 19.6 Å². The topological polar surface area (TPSA) is 112 Å². The summed E-state index contributed by atoms with van der Waals surface area (Å²) in [5.41, 5.74) is 6.96. The highest BCUT2D eigenvalue weighted by atomic mass is 19.4. The Morgan fingerprint density at radius 3 is 2.14 bits per heavy atom. The fourth-order valence-corrected chi connectivity index (χ4v) is 5.07. The van der Waals surface area contributed by atoms with Crippen LogP contribution in [0.3, 0.4) is 0 Å². The van der Waals surface area contributed by atoms with Crippen molar-refractivity contribution in [3.63, 3.8) is 0 Å². The van der Waals surface area contributed by atoms with E-state index in [0.29, 0.717) is 24.3 Å². The van der Waals surface area contributed by atoms with Crippen LogP contribution in [0.25, 0.3) is 22.3 Å². The minimum Gasteiger partial charge on any atom is -0.486 e. The minimum atomic E-state index is -4.13. The smallest absolute Gasteiger partial charge is 0.389 e. The average Bonchev–Trinajstić information content (AvgIpc) is 3.09. The van der Waals surface area contributed by atoms with E-state index in [1.54, 1.807) is 13.0 Å². The number of carbonyl (C=O) groups is 2. The number of halogens is 3. The van der Waals surface area contributed by atoms with Crippen LogP contribution in [0.2, 0.25) is 0 Å². The van der Waals surface area contributed by atoms with Gasteiger partial charge in [0.1, 0.15) is 26.4 Å². The van der Waals surface area contributed by atoms with Gasteiger partial charge < -0.3 is 29.2 Å². The Morgan fingerprint density at radius 2 is 1.49 bits per heavy atom. The zero-order chi connectivity index (χ0) is 36.0. The molecule has 3 rings (SSSR count).